The molecule has 0 heterocycles. The van der Waals surface area contributed by atoms with Crippen molar-refractivity contribution >= 4 is 17.7 Å². The summed E-state index contributed by atoms with van der Waals surface area (Å²) < 4.78 is 0. The molecule has 0 spiro atoms. The van der Waals surface area contributed by atoms with Gasteiger partial charge in [0.1, 0.15) is 36.6 Å². The fourth-order valence-corrected chi connectivity index (χ4v) is 11.7. The summed E-state index contributed by atoms with van der Waals surface area (Å²) in [7, 11) is 0. The van der Waals surface area contributed by atoms with E-state index in [1.54, 1.807) is 0 Å². The predicted molar refractivity (Wildman–Crippen MR) is 214 cm³/mol. The van der Waals surface area contributed by atoms with Crippen molar-refractivity contribution in [2.24, 2.45) is 46.3 Å². The lowest BCUT2D eigenvalue weighted by molar-refractivity contribution is -0.175. The van der Waals surface area contributed by atoms with Crippen molar-refractivity contribution < 1.29 is 75.7 Å². The summed E-state index contributed by atoms with van der Waals surface area (Å²) in [5.41, 5.74) is -0.0953. The molecule has 18 nitrogen and oxygen atoms in total. The molecule has 1 radical (unpaired) electrons. The van der Waals surface area contributed by atoms with Crippen LogP contribution in [0, 0.1) is 46.3 Å². The SMILES string of the molecule is C[C@H](CCC(=O)[N]CCCN(CCCNC(=O)[C@H](O)[C@@H](O)[C@H](O)[C@H](O)CO)C(=O)[C@H](O)[C@@H](O)[C@H](O)[C@H](O)CO)[C@H]1CC[C@H]2[C@@H]3CC[C@@H]4C[C@H](O)CC[C@]4(C)[C@H]3C[C@H](O)[C@]12C. The van der Waals surface area contributed by atoms with Crippen LogP contribution in [-0.2, 0) is 14.4 Å². The van der Waals surface area contributed by atoms with E-state index in [4.69, 9.17) is 10.2 Å². The topological polar surface area (TPSA) is 323 Å². The minimum atomic E-state index is -2.22. The molecule has 18 atom stereocenters. The molecule has 0 bridgehead atoms. The molecule has 0 aromatic carbocycles. The quantitative estimate of drug-likeness (QED) is 0.0487. The highest BCUT2D eigenvalue weighted by Gasteiger charge is 2.63. The molecule has 347 valence electrons. The molecule has 4 aliphatic rings. The van der Waals surface area contributed by atoms with Gasteiger partial charge >= 0.3 is 0 Å². The number of hydrogen-bond acceptors (Lipinski definition) is 15. The predicted octanol–water partition coefficient (Wildman–Crippen LogP) is -2.88. The van der Waals surface area contributed by atoms with E-state index in [1.807, 2.05) is 0 Å². The molecule has 18 heteroatoms. The third-order valence-corrected chi connectivity index (χ3v) is 15.4. The van der Waals surface area contributed by atoms with Crippen LogP contribution in [-0.4, -0.2) is 184 Å². The molecule has 0 aliphatic heterocycles. The van der Waals surface area contributed by atoms with Crippen LogP contribution in [0.2, 0.25) is 0 Å². The minimum absolute atomic E-state index is 0.00171. The highest BCUT2D eigenvalue weighted by Crippen LogP contribution is 2.68. The number of fused-ring (bicyclic) bond motifs is 5. The van der Waals surface area contributed by atoms with Gasteiger partial charge in [0.15, 0.2) is 12.2 Å². The van der Waals surface area contributed by atoms with Gasteiger partial charge in [0, 0.05) is 32.6 Å². The Kier molecular flexibility index (Phi) is 18.6. The van der Waals surface area contributed by atoms with Crippen LogP contribution in [0.1, 0.15) is 97.8 Å². The smallest absolute Gasteiger partial charge is 0.254 e. The van der Waals surface area contributed by atoms with Crippen LogP contribution < -0.4 is 10.6 Å². The Balaban J connectivity index is 1.27. The summed E-state index contributed by atoms with van der Waals surface area (Å²) >= 11 is 0. The molecule has 0 unspecified atom stereocenters. The van der Waals surface area contributed by atoms with Crippen molar-refractivity contribution in [1.82, 2.24) is 15.5 Å². The van der Waals surface area contributed by atoms with Crippen molar-refractivity contribution in [2.45, 2.75) is 159 Å². The fraction of sp³-hybridized carbons (Fsp3) is 0.929. The maximum Gasteiger partial charge on any atom is 0.254 e. The Hall–Kier alpha value is -2.07. The highest BCUT2D eigenvalue weighted by atomic mass is 16.4. The zero-order chi connectivity index (χ0) is 44.7. The van der Waals surface area contributed by atoms with E-state index in [9.17, 15) is 65.4 Å². The average molecular weight is 861 g/mol. The second-order valence-electron chi connectivity index (χ2n) is 18.9. The number of hydrogen-bond donors (Lipinski definition) is 13. The third kappa shape index (κ3) is 11.2. The fourth-order valence-electron chi connectivity index (χ4n) is 11.7. The van der Waals surface area contributed by atoms with Crippen LogP contribution in [0.3, 0.4) is 0 Å². The van der Waals surface area contributed by atoms with Crippen LogP contribution >= 0.6 is 0 Å². The summed E-state index contributed by atoms with van der Waals surface area (Å²) in [4.78, 5) is 39.7. The Morgan fingerprint density at radius 3 is 2.02 bits per heavy atom. The van der Waals surface area contributed by atoms with Crippen LogP contribution in [0.15, 0.2) is 0 Å². The van der Waals surface area contributed by atoms with Gasteiger partial charge in [-0.2, -0.15) is 0 Å². The number of carbonyl (C=O) groups excluding carboxylic acids is 3. The first kappa shape index (κ1) is 50.6. The Labute approximate surface area is 353 Å². The molecular weight excluding hydrogens is 786 g/mol. The second-order valence-corrected chi connectivity index (χ2v) is 18.9. The van der Waals surface area contributed by atoms with Gasteiger partial charge in [-0.25, -0.2) is 0 Å². The van der Waals surface area contributed by atoms with Gasteiger partial charge in [0.25, 0.3) is 11.8 Å². The summed E-state index contributed by atoms with van der Waals surface area (Å²) in [6, 6.07) is 0. The van der Waals surface area contributed by atoms with Crippen LogP contribution in [0.4, 0.5) is 0 Å². The largest absolute Gasteiger partial charge is 0.394 e. The standard InChI is InChI=1S/C42H74N3O15/c1-22(26-9-10-27-25-8-7-23-18-24(48)12-13-41(23,2)28(25)19-31(51)42(26,27)3)6-11-32(52)43-14-4-16-45(40(60)38(58)36(56)34(54)30(50)21-47)17-5-15-44-39(59)37(57)35(55)33(53)29(49)20-46/h22-31,33-38,46-51,53-58H,4-21H2,1-3H3,(H,44,59)/t22-,23-,24-,25+,26-,27+,28+,29-,30-,31+,33-,34-,35+,36+,37-,38-,41+,42-/m1/s1. The molecule has 3 amide bonds. The number of nitrogens with zero attached hydrogens (tertiary/aromatic N) is 2. The first-order valence-electron chi connectivity index (χ1n) is 22.0. The molecule has 4 fully saturated rings. The molecule has 0 aromatic rings. The van der Waals surface area contributed by atoms with E-state index >= 15 is 0 Å². The van der Waals surface area contributed by atoms with Crippen molar-refractivity contribution in [1.29, 1.82) is 0 Å². The summed E-state index contributed by atoms with van der Waals surface area (Å²) in [6.07, 6.45) is -8.36. The van der Waals surface area contributed by atoms with Gasteiger partial charge in [-0.1, -0.05) is 20.8 Å². The summed E-state index contributed by atoms with van der Waals surface area (Å²) in [6.45, 7) is 4.51. The molecule has 4 saturated carbocycles. The zero-order valence-corrected chi connectivity index (χ0v) is 35.5. The van der Waals surface area contributed by atoms with Gasteiger partial charge in [-0.15, -0.1) is 0 Å². The number of amides is 3. The number of carbonyl (C=O) groups is 3. The van der Waals surface area contributed by atoms with Gasteiger partial charge in [-0.05, 0) is 117 Å². The summed E-state index contributed by atoms with van der Waals surface area (Å²) in [5, 5.41) is 127. The van der Waals surface area contributed by atoms with Crippen molar-refractivity contribution in [3.05, 3.63) is 0 Å². The van der Waals surface area contributed by atoms with E-state index in [1.165, 1.54) is 0 Å². The van der Waals surface area contributed by atoms with Gasteiger partial charge in [0.05, 0.1) is 25.4 Å². The first-order chi connectivity index (χ1) is 28.2. The summed E-state index contributed by atoms with van der Waals surface area (Å²) in [5.74, 6) is -0.157. The van der Waals surface area contributed by atoms with Gasteiger partial charge < -0.3 is 71.5 Å². The van der Waals surface area contributed by atoms with E-state index in [2.05, 4.69) is 31.4 Å². The van der Waals surface area contributed by atoms with Crippen molar-refractivity contribution in [2.75, 3.05) is 39.4 Å². The van der Waals surface area contributed by atoms with Crippen LogP contribution in [0.5, 0.6) is 0 Å². The molecular formula is C42H74N3O15. The van der Waals surface area contributed by atoms with E-state index < -0.39 is 80.0 Å². The highest BCUT2D eigenvalue weighted by molar-refractivity contribution is 5.82. The minimum Gasteiger partial charge on any atom is -0.394 e. The van der Waals surface area contributed by atoms with Crippen molar-refractivity contribution in [3.63, 3.8) is 0 Å². The van der Waals surface area contributed by atoms with E-state index in [0.29, 0.717) is 30.1 Å². The molecule has 13 N–H and O–H groups in total. The number of nitrogens with one attached hydrogen (secondary N) is 1. The maximum atomic E-state index is 13.2. The van der Waals surface area contributed by atoms with E-state index in [0.717, 1.165) is 56.3 Å². The third-order valence-electron chi connectivity index (χ3n) is 15.4. The second kappa shape index (κ2) is 22.0. The van der Waals surface area contributed by atoms with Gasteiger partial charge in [0.2, 0.25) is 5.91 Å². The lowest BCUT2D eigenvalue weighted by Gasteiger charge is -2.62. The Morgan fingerprint density at radius 1 is 0.767 bits per heavy atom. The lowest BCUT2D eigenvalue weighted by atomic mass is 9.43. The maximum absolute atomic E-state index is 13.2. The first-order valence-corrected chi connectivity index (χ1v) is 22.0. The number of aliphatic hydroxyl groups excluding tert-OH is 12. The molecule has 0 aromatic heterocycles. The normalized spacial score (nSPS) is 34.6. The Bertz CT molecular complexity index is 1400. The monoisotopic (exact) mass is 861 g/mol. The molecule has 4 rings (SSSR count). The van der Waals surface area contributed by atoms with Crippen LogP contribution in [0.25, 0.3) is 0 Å². The zero-order valence-electron chi connectivity index (χ0n) is 35.5. The number of aliphatic hydroxyl groups is 12. The van der Waals surface area contributed by atoms with Gasteiger partial charge in [-0.3, -0.25) is 19.7 Å². The number of rotatable bonds is 22. The van der Waals surface area contributed by atoms with E-state index in [-0.39, 0.29) is 80.1 Å². The van der Waals surface area contributed by atoms with Crippen molar-refractivity contribution in [3.8, 4) is 0 Å². The molecule has 0 saturated heterocycles. The molecule has 60 heavy (non-hydrogen) atoms. The average Bonchev–Trinajstić information content (AvgIpc) is 3.61. The lowest BCUT2D eigenvalue weighted by Crippen LogP contribution is -2.58. The Morgan fingerprint density at radius 2 is 1.38 bits per heavy atom. The molecule has 4 aliphatic carbocycles.